The average molecular weight is 324 g/mol. The summed E-state index contributed by atoms with van der Waals surface area (Å²) in [6.45, 7) is 1.57. The van der Waals surface area contributed by atoms with Crippen LogP contribution in [0.5, 0.6) is 11.5 Å². The average Bonchev–Trinajstić information content (AvgIpc) is 2.61. The lowest BCUT2D eigenvalue weighted by molar-refractivity contribution is -0.122. The summed E-state index contributed by atoms with van der Waals surface area (Å²) in [5.41, 5.74) is 1.18. The first-order valence-electron chi connectivity index (χ1n) is 7.19. The minimum atomic E-state index is -0.854. The maximum absolute atomic E-state index is 12.3. The Balaban J connectivity index is 2.15. The number of rotatable bonds is 6. The number of anilines is 1. The molecule has 2 rings (SSSR count). The largest absolute Gasteiger partial charge is 0.493 e. The molecule has 1 amide bonds. The van der Waals surface area contributed by atoms with Crippen molar-refractivity contribution in [2.24, 2.45) is 0 Å². The van der Waals surface area contributed by atoms with E-state index in [0.717, 1.165) is 0 Å². The minimum Gasteiger partial charge on any atom is -0.493 e. The summed E-state index contributed by atoms with van der Waals surface area (Å²) in [5, 5.41) is 11.7. The van der Waals surface area contributed by atoms with Crippen LogP contribution in [-0.2, 0) is 4.79 Å². The van der Waals surface area contributed by atoms with Crippen LogP contribution in [0.1, 0.15) is 22.8 Å². The van der Waals surface area contributed by atoms with Gasteiger partial charge in [-0.05, 0) is 37.3 Å². The zero-order chi connectivity index (χ0) is 17.5. The quantitative estimate of drug-likeness (QED) is 0.825. The van der Waals surface area contributed by atoms with Gasteiger partial charge in [0, 0.05) is 5.56 Å². The van der Waals surface area contributed by atoms with Crippen molar-refractivity contribution < 1.29 is 19.1 Å². The zero-order valence-corrected chi connectivity index (χ0v) is 13.3. The fourth-order valence-corrected chi connectivity index (χ4v) is 2.03. The highest BCUT2D eigenvalue weighted by Crippen LogP contribution is 2.28. The highest BCUT2D eigenvalue weighted by molar-refractivity contribution is 5.95. The van der Waals surface area contributed by atoms with E-state index in [1.165, 1.54) is 13.2 Å². The number of nitrogens with zero attached hydrogens (tertiary/aromatic N) is 1. The van der Waals surface area contributed by atoms with Gasteiger partial charge in [-0.1, -0.05) is 12.1 Å². The summed E-state index contributed by atoms with van der Waals surface area (Å²) in [4.78, 5) is 23.2. The fraction of sp³-hybridized carbons (Fsp3) is 0.167. The monoisotopic (exact) mass is 324 g/mol. The smallest absolute Gasteiger partial charge is 0.265 e. The molecular formula is C18H16N2O4. The molecule has 0 saturated heterocycles. The Morgan fingerprint density at radius 1 is 1.25 bits per heavy atom. The summed E-state index contributed by atoms with van der Waals surface area (Å²) in [6.07, 6.45) is -0.173. The van der Waals surface area contributed by atoms with E-state index in [1.54, 1.807) is 43.3 Å². The summed E-state index contributed by atoms with van der Waals surface area (Å²) in [6, 6.07) is 13.4. The van der Waals surface area contributed by atoms with Crippen molar-refractivity contribution in [2.75, 3.05) is 12.4 Å². The summed E-state index contributed by atoms with van der Waals surface area (Å²) < 4.78 is 10.8. The second kappa shape index (κ2) is 7.79. The minimum absolute atomic E-state index is 0.290. The molecule has 6 heteroatoms. The number of benzene rings is 2. The van der Waals surface area contributed by atoms with E-state index in [-0.39, 0.29) is 0 Å². The Morgan fingerprint density at radius 3 is 2.67 bits per heavy atom. The van der Waals surface area contributed by atoms with Crippen LogP contribution in [0.3, 0.4) is 0 Å². The summed E-state index contributed by atoms with van der Waals surface area (Å²) >= 11 is 0. The number of carbonyl (C=O) groups is 2. The molecule has 0 radical (unpaired) electrons. The van der Waals surface area contributed by atoms with Crippen LogP contribution >= 0.6 is 0 Å². The maximum Gasteiger partial charge on any atom is 0.265 e. The van der Waals surface area contributed by atoms with Gasteiger partial charge in [-0.2, -0.15) is 5.26 Å². The number of nitriles is 1. The van der Waals surface area contributed by atoms with Gasteiger partial charge in [-0.15, -0.1) is 0 Å². The molecule has 2 aromatic carbocycles. The number of para-hydroxylation sites is 1. The Labute approximate surface area is 139 Å². The van der Waals surface area contributed by atoms with Gasteiger partial charge < -0.3 is 14.8 Å². The van der Waals surface area contributed by atoms with Crippen LogP contribution in [0.4, 0.5) is 5.69 Å². The number of ether oxygens (including phenoxy) is 2. The molecule has 0 aromatic heterocycles. The molecule has 0 aliphatic carbocycles. The van der Waals surface area contributed by atoms with Crippen LogP contribution in [0.25, 0.3) is 0 Å². The number of carbonyl (C=O) groups excluding carboxylic acids is 2. The molecular weight excluding hydrogens is 308 g/mol. The van der Waals surface area contributed by atoms with Crippen molar-refractivity contribution in [3.05, 3.63) is 53.6 Å². The SMILES string of the molecule is COc1ccc(C=O)cc1O[C@@H](C)C(=O)Nc1ccccc1C#N. The Bertz CT molecular complexity index is 796. The third-order valence-electron chi connectivity index (χ3n) is 3.30. The standard InChI is InChI=1S/C18H16N2O4/c1-12(18(22)20-15-6-4-3-5-14(15)10-19)24-17-9-13(11-21)7-8-16(17)23-2/h3-9,11-12H,1-2H3,(H,20,22)/t12-/m0/s1. The van der Waals surface area contributed by atoms with Gasteiger partial charge in [0.25, 0.3) is 5.91 Å². The number of amides is 1. The molecule has 0 aliphatic rings. The van der Waals surface area contributed by atoms with E-state index in [1.807, 2.05) is 6.07 Å². The van der Waals surface area contributed by atoms with E-state index in [0.29, 0.717) is 34.6 Å². The molecule has 0 bridgehead atoms. The zero-order valence-electron chi connectivity index (χ0n) is 13.3. The molecule has 0 saturated carbocycles. The molecule has 24 heavy (non-hydrogen) atoms. The third kappa shape index (κ3) is 3.90. The molecule has 122 valence electrons. The van der Waals surface area contributed by atoms with Crippen LogP contribution in [0, 0.1) is 11.3 Å². The van der Waals surface area contributed by atoms with Gasteiger partial charge in [0.05, 0.1) is 18.4 Å². The first-order chi connectivity index (χ1) is 11.6. The Hall–Kier alpha value is -3.33. The first kappa shape index (κ1) is 17.0. The molecule has 0 fully saturated rings. The van der Waals surface area contributed by atoms with Gasteiger partial charge in [0.1, 0.15) is 12.4 Å². The van der Waals surface area contributed by atoms with Crippen molar-refractivity contribution in [1.29, 1.82) is 5.26 Å². The van der Waals surface area contributed by atoms with Crippen LogP contribution in [0.2, 0.25) is 0 Å². The van der Waals surface area contributed by atoms with Crippen molar-refractivity contribution in [3.8, 4) is 17.6 Å². The lowest BCUT2D eigenvalue weighted by atomic mass is 10.2. The Kier molecular flexibility index (Phi) is 5.53. The van der Waals surface area contributed by atoms with Crippen molar-refractivity contribution in [1.82, 2.24) is 0 Å². The predicted molar refractivity (Wildman–Crippen MR) is 88.3 cm³/mol. The van der Waals surface area contributed by atoms with E-state index in [9.17, 15) is 9.59 Å². The van der Waals surface area contributed by atoms with E-state index >= 15 is 0 Å². The number of hydrogen-bond donors (Lipinski definition) is 1. The van der Waals surface area contributed by atoms with E-state index in [4.69, 9.17) is 14.7 Å². The van der Waals surface area contributed by atoms with Crippen molar-refractivity contribution in [2.45, 2.75) is 13.0 Å². The molecule has 1 N–H and O–H groups in total. The van der Waals surface area contributed by atoms with Gasteiger partial charge >= 0.3 is 0 Å². The van der Waals surface area contributed by atoms with Gasteiger partial charge in [0.2, 0.25) is 0 Å². The predicted octanol–water partition coefficient (Wildman–Crippen LogP) is 2.79. The molecule has 0 unspecified atom stereocenters. The molecule has 0 spiro atoms. The van der Waals surface area contributed by atoms with E-state index < -0.39 is 12.0 Å². The lowest BCUT2D eigenvalue weighted by Crippen LogP contribution is -2.30. The second-order valence-corrected chi connectivity index (χ2v) is 4.93. The molecule has 6 nitrogen and oxygen atoms in total. The molecule has 2 aromatic rings. The third-order valence-corrected chi connectivity index (χ3v) is 3.30. The van der Waals surface area contributed by atoms with Crippen LogP contribution in [-0.4, -0.2) is 25.4 Å². The summed E-state index contributed by atoms with van der Waals surface area (Å²) in [7, 11) is 1.47. The normalized spacial score (nSPS) is 11.0. The summed E-state index contributed by atoms with van der Waals surface area (Å²) in [5.74, 6) is 0.284. The maximum atomic E-state index is 12.3. The van der Waals surface area contributed by atoms with Crippen molar-refractivity contribution in [3.63, 3.8) is 0 Å². The lowest BCUT2D eigenvalue weighted by Gasteiger charge is -2.17. The fourth-order valence-electron chi connectivity index (χ4n) is 2.03. The number of nitrogens with one attached hydrogen (secondary N) is 1. The Morgan fingerprint density at radius 2 is 2.00 bits per heavy atom. The number of aldehydes is 1. The number of methoxy groups -OCH3 is 1. The van der Waals surface area contributed by atoms with Gasteiger partial charge in [-0.3, -0.25) is 9.59 Å². The molecule has 1 atom stereocenters. The number of hydrogen-bond acceptors (Lipinski definition) is 5. The highest BCUT2D eigenvalue weighted by atomic mass is 16.5. The second-order valence-electron chi connectivity index (χ2n) is 4.93. The van der Waals surface area contributed by atoms with Crippen LogP contribution in [0.15, 0.2) is 42.5 Å². The van der Waals surface area contributed by atoms with Gasteiger partial charge in [0.15, 0.2) is 17.6 Å². The highest BCUT2D eigenvalue weighted by Gasteiger charge is 2.18. The van der Waals surface area contributed by atoms with Crippen LogP contribution < -0.4 is 14.8 Å². The molecule has 0 heterocycles. The van der Waals surface area contributed by atoms with Gasteiger partial charge in [-0.25, -0.2) is 0 Å². The molecule has 0 aliphatic heterocycles. The topological polar surface area (TPSA) is 88.4 Å². The van der Waals surface area contributed by atoms with E-state index in [2.05, 4.69) is 5.32 Å². The van der Waals surface area contributed by atoms with Crippen molar-refractivity contribution >= 4 is 17.9 Å². The first-order valence-corrected chi connectivity index (χ1v) is 7.19.